The number of hydrogen-bond donors (Lipinski definition) is 1. The molecular formula is C18H25N5O2. The van der Waals surface area contributed by atoms with Crippen molar-refractivity contribution in [2.24, 2.45) is 0 Å². The van der Waals surface area contributed by atoms with Crippen LogP contribution < -0.4 is 5.32 Å². The second-order valence-corrected chi connectivity index (χ2v) is 7.36. The Labute approximate surface area is 147 Å². The minimum absolute atomic E-state index is 0.0469. The van der Waals surface area contributed by atoms with E-state index in [9.17, 15) is 0 Å². The predicted molar refractivity (Wildman–Crippen MR) is 93.4 cm³/mol. The molecule has 2 fully saturated rings. The Hall–Kier alpha value is -1.99. The van der Waals surface area contributed by atoms with E-state index < -0.39 is 0 Å². The molecule has 7 heteroatoms. The maximum atomic E-state index is 6.23. The monoisotopic (exact) mass is 343 g/mol. The summed E-state index contributed by atoms with van der Waals surface area (Å²) >= 11 is 0. The number of nitrogens with one attached hydrogen (secondary N) is 1. The van der Waals surface area contributed by atoms with E-state index in [1.54, 1.807) is 0 Å². The molecule has 0 radical (unpaired) electrons. The molecule has 2 aromatic heterocycles. The zero-order chi connectivity index (χ0) is 17.4. The highest BCUT2D eigenvalue weighted by atomic mass is 16.5. The summed E-state index contributed by atoms with van der Waals surface area (Å²) in [5.74, 6) is 1.74. The third-order valence-corrected chi connectivity index (χ3v) is 5.32. The van der Waals surface area contributed by atoms with Crippen molar-refractivity contribution < 1.29 is 9.26 Å². The number of anilines is 1. The molecular weight excluding hydrogens is 318 g/mol. The topological polar surface area (TPSA) is 76.3 Å². The van der Waals surface area contributed by atoms with E-state index in [4.69, 9.17) is 9.26 Å². The van der Waals surface area contributed by atoms with E-state index in [0.717, 1.165) is 55.4 Å². The standard InChI is InChI=1S/C18H25N5O2/c1-12-4-5-17(21-20-12)19-15-8-18(24-10-15)6-7-23(11-18)9-16-13(2)22-25-14(16)3/h4-5,15H,6-11H2,1-3H3,(H,19,21)/t15-,18+/m0/s1. The number of aromatic nitrogens is 3. The molecule has 0 amide bonds. The van der Waals surface area contributed by atoms with Crippen molar-refractivity contribution in [3.63, 3.8) is 0 Å². The van der Waals surface area contributed by atoms with E-state index in [2.05, 4.69) is 25.6 Å². The Bertz CT molecular complexity index is 725. The molecule has 0 aromatic carbocycles. The molecule has 2 saturated heterocycles. The van der Waals surface area contributed by atoms with Gasteiger partial charge in [0.05, 0.1) is 29.6 Å². The normalized spacial score (nSPS) is 26.6. The first-order valence-electron chi connectivity index (χ1n) is 8.88. The molecule has 0 bridgehead atoms. The SMILES string of the molecule is Cc1ccc(N[C@@H]2CO[C@]3(CCN(Cc4c(C)noc4C)C3)C2)nn1. The quantitative estimate of drug-likeness (QED) is 0.912. The molecule has 7 nitrogen and oxygen atoms in total. The van der Waals surface area contributed by atoms with Gasteiger partial charge >= 0.3 is 0 Å². The molecule has 2 aliphatic rings. The molecule has 4 heterocycles. The summed E-state index contributed by atoms with van der Waals surface area (Å²) in [7, 11) is 0. The Morgan fingerprint density at radius 3 is 2.88 bits per heavy atom. The molecule has 2 atom stereocenters. The van der Waals surface area contributed by atoms with Gasteiger partial charge in [-0.25, -0.2) is 0 Å². The summed E-state index contributed by atoms with van der Waals surface area (Å²) in [6.07, 6.45) is 2.06. The van der Waals surface area contributed by atoms with Gasteiger partial charge in [-0.15, -0.1) is 5.10 Å². The highest BCUT2D eigenvalue weighted by Gasteiger charge is 2.45. The maximum Gasteiger partial charge on any atom is 0.148 e. The number of hydrogen-bond acceptors (Lipinski definition) is 7. The lowest BCUT2D eigenvalue weighted by Crippen LogP contribution is -2.33. The maximum absolute atomic E-state index is 6.23. The van der Waals surface area contributed by atoms with Crippen LogP contribution in [0.5, 0.6) is 0 Å². The molecule has 1 spiro atoms. The Morgan fingerprint density at radius 2 is 2.16 bits per heavy atom. The van der Waals surface area contributed by atoms with Crippen LogP contribution in [-0.4, -0.2) is 51.6 Å². The fourth-order valence-corrected chi connectivity index (χ4v) is 3.92. The van der Waals surface area contributed by atoms with Gasteiger partial charge < -0.3 is 14.6 Å². The van der Waals surface area contributed by atoms with Crippen LogP contribution in [0.15, 0.2) is 16.7 Å². The first-order chi connectivity index (χ1) is 12.0. The zero-order valence-corrected chi connectivity index (χ0v) is 15.1. The van der Waals surface area contributed by atoms with E-state index in [1.165, 1.54) is 5.56 Å². The van der Waals surface area contributed by atoms with Crippen LogP contribution in [0.25, 0.3) is 0 Å². The first-order valence-corrected chi connectivity index (χ1v) is 8.88. The fraction of sp³-hybridized carbons (Fsp3) is 0.611. The van der Waals surface area contributed by atoms with Crippen molar-refractivity contribution in [1.29, 1.82) is 0 Å². The summed E-state index contributed by atoms with van der Waals surface area (Å²) in [5.41, 5.74) is 3.08. The number of aryl methyl sites for hydroxylation is 3. The Morgan fingerprint density at radius 1 is 1.28 bits per heavy atom. The largest absolute Gasteiger partial charge is 0.371 e. The van der Waals surface area contributed by atoms with E-state index in [-0.39, 0.29) is 11.6 Å². The van der Waals surface area contributed by atoms with Gasteiger partial charge in [0.2, 0.25) is 0 Å². The zero-order valence-electron chi connectivity index (χ0n) is 15.1. The van der Waals surface area contributed by atoms with Gasteiger partial charge in [-0.3, -0.25) is 4.90 Å². The van der Waals surface area contributed by atoms with E-state index >= 15 is 0 Å². The summed E-state index contributed by atoms with van der Waals surface area (Å²) in [6, 6.07) is 4.24. The van der Waals surface area contributed by atoms with E-state index in [1.807, 2.05) is 32.9 Å². The van der Waals surface area contributed by atoms with Crippen LogP contribution in [0.2, 0.25) is 0 Å². The lowest BCUT2D eigenvalue weighted by molar-refractivity contribution is 0.0119. The van der Waals surface area contributed by atoms with Crippen LogP contribution in [0.4, 0.5) is 5.82 Å². The smallest absolute Gasteiger partial charge is 0.148 e. The van der Waals surface area contributed by atoms with Crippen LogP contribution in [0.1, 0.15) is 35.6 Å². The molecule has 0 saturated carbocycles. The number of nitrogens with zero attached hydrogens (tertiary/aromatic N) is 4. The van der Waals surface area contributed by atoms with Gasteiger partial charge in [0.25, 0.3) is 0 Å². The third-order valence-electron chi connectivity index (χ3n) is 5.32. The molecule has 25 heavy (non-hydrogen) atoms. The second-order valence-electron chi connectivity index (χ2n) is 7.36. The lowest BCUT2D eigenvalue weighted by atomic mass is 9.97. The molecule has 134 valence electrons. The summed E-state index contributed by atoms with van der Waals surface area (Å²) in [6.45, 7) is 9.52. The second kappa shape index (κ2) is 6.38. The van der Waals surface area contributed by atoms with Crippen molar-refractivity contribution in [3.05, 3.63) is 34.8 Å². The van der Waals surface area contributed by atoms with Gasteiger partial charge in [0.1, 0.15) is 11.6 Å². The minimum Gasteiger partial charge on any atom is -0.371 e. The Kier molecular flexibility index (Phi) is 4.21. The summed E-state index contributed by atoms with van der Waals surface area (Å²) in [4.78, 5) is 2.45. The van der Waals surface area contributed by atoms with Crippen molar-refractivity contribution in [3.8, 4) is 0 Å². The van der Waals surface area contributed by atoms with Crippen LogP contribution in [0.3, 0.4) is 0 Å². The van der Waals surface area contributed by atoms with Gasteiger partial charge in [-0.2, -0.15) is 5.10 Å². The fourth-order valence-electron chi connectivity index (χ4n) is 3.92. The van der Waals surface area contributed by atoms with Crippen LogP contribution >= 0.6 is 0 Å². The van der Waals surface area contributed by atoms with Crippen LogP contribution in [-0.2, 0) is 11.3 Å². The Balaban J connectivity index is 1.35. The number of ether oxygens (including phenoxy) is 1. The van der Waals surface area contributed by atoms with Crippen molar-refractivity contribution in [1.82, 2.24) is 20.3 Å². The number of likely N-dealkylation sites (tertiary alicyclic amines) is 1. The predicted octanol–water partition coefficient (Wildman–Crippen LogP) is 2.24. The molecule has 0 aliphatic carbocycles. The minimum atomic E-state index is -0.0469. The molecule has 4 rings (SSSR count). The lowest BCUT2D eigenvalue weighted by Gasteiger charge is -2.23. The van der Waals surface area contributed by atoms with Gasteiger partial charge in [-0.1, -0.05) is 5.16 Å². The van der Waals surface area contributed by atoms with Crippen molar-refractivity contribution >= 4 is 5.82 Å². The van der Waals surface area contributed by atoms with Gasteiger partial charge in [0.15, 0.2) is 0 Å². The third kappa shape index (κ3) is 3.39. The summed E-state index contributed by atoms with van der Waals surface area (Å²) in [5, 5.41) is 15.8. The average Bonchev–Trinajstić information content (AvgIpc) is 3.27. The highest BCUT2D eigenvalue weighted by Crippen LogP contribution is 2.36. The molecule has 2 aromatic rings. The molecule has 1 N–H and O–H groups in total. The number of rotatable bonds is 4. The molecule has 0 unspecified atom stereocenters. The average molecular weight is 343 g/mol. The molecule has 2 aliphatic heterocycles. The van der Waals surface area contributed by atoms with Crippen molar-refractivity contribution in [2.45, 2.75) is 51.8 Å². The van der Waals surface area contributed by atoms with Gasteiger partial charge in [0, 0.05) is 31.6 Å². The van der Waals surface area contributed by atoms with Gasteiger partial charge in [-0.05, 0) is 39.3 Å². The van der Waals surface area contributed by atoms with Crippen LogP contribution in [0, 0.1) is 20.8 Å². The first kappa shape index (κ1) is 16.5. The van der Waals surface area contributed by atoms with E-state index in [0.29, 0.717) is 6.61 Å². The highest BCUT2D eigenvalue weighted by molar-refractivity contribution is 5.34. The summed E-state index contributed by atoms with van der Waals surface area (Å²) < 4.78 is 11.5. The van der Waals surface area contributed by atoms with Crippen molar-refractivity contribution in [2.75, 3.05) is 25.0 Å².